The van der Waals surface area contributed by atoms with Crippen LogP contribution in [0, 0.1) is 0 Å². The van der Waals surface area contributed by atoms with E-state index in [1.807, 2.05) is 24.3 Å². The third-order valence-corrected chi connectivity index (χ3v) is 3.44. The van der Waals surface area contributed by atoms with Gasteiger partial charge in [-0.2, -0.15) is 5.10 Å². The molecule has 20 heavy (non-hydrogen) atoms. The fourth-order valence-corrected chi connectivity index (χ4v) is 2.20. The maximum Gasteiger partial charge on any atom is 0.256 e. The van der Waals surface area contributed by atoms with Crippen LogP contribution in [0.3, 0.4) is 0 Å². The second-order valence-electron chi connectivity index (χ2n) is 5.29. The minimum atomic E-state index is -0.151. The van der Waals surface area contributed by atoms with Crippen molar-refractivity contribution in [2.75, 3.05) is 5.32 Å². The number of anilines is 1. The van der Waals surface area contributed by atoms with Crippen LogP contribution in [0.5, 0.6) is 0 Å². The molecule has 0 saturated carbocycles. The molecule has 1 aliphatic heterocycles. The lowest BCUT2D eigenvalue weighted by Gasteiger charge is -2.04. The largest absolute Gasteiger partial charge is 0.372 e. The standard InChI is InChI=1S/C15H17N3O2/c1-9(2)13-6-14(18-17-13)16-15(19)10-3-4-11-7-20-8-12(11)5-10/h3-6,9H,7-8H2,1-2H3,(H2,16,17,18,19). The van der Waals surface area contributed by atoms with Gasteiger partial charge in [0, 0.05) is 17.3 Å². The molecular formula is C15H17N3O2. The highest BCUT2D eigenvalue weighted by molar-refractivity contribution is 6.03. The lowest BCUT2D eigenvalue weighted by Crippen LogP contribution is -2.12. The summed E-state index contributed by atoms with van der Waals surface area (Å²) in [5.41, 5.74) is 3.87. The molecule has 1 aliphatic rings. The van der Waals surface area contributed by atoms with Gasteiger partial charge < -0.3 is 10.1 Å². The Morgan fingerprint density at radius 3 is 2.85 bits per heavy atom. The summed E-state index contributed by atoms with van der Waals surface area (Å²) in [6, 6.07) is 7.51. The van der Waals surface area contributed by atoms with Crippen LogP contribution in [0.25, 0.3) is 0 Å². The number of carbonyl (C=O) groups excluding carboxylic acids is 1. The maximum absolute atomic E-state index is 12.2. The third kappa shape index (κ3) is 2.44. The van der Waals surface area contributed by atoms with Crippen molar-refractivity contribution in [3.8, 4) is 0 Å². The van der Waals surface area contributed by atoms with Gasteiger partial charge in [-0.15, -0.1) is 0 Å². The number of nitrogens with one attached hydrogen (secondary N) is 2. The summed E-state index contributed by atoms with van der Waals surface area (Å²) in [6.45, 7) is 5.35. The summed E-state index contributed by atoms with van der Waals surface area (Å²) >= 11 is 0. The van der Waals surface area contributed by atoms with Crippen molar-refractivity contribution in [1.82, 2.24) is 10.2 Å². The van der Waals surface area contributed by atoms with E-state index in [1.54, 1.807) is 0 Å². The van der Waals surface area contributed by atoms with Crippen molar-refractivity contribution in [2.24, 2.45) is 0 Å². The Morgan fingerprint density at radius 1 is 1.30 bits per heavy atom. The highest BCUT2D eigenvalue weighted by atomic mass is 16.5. The quantitative estimate of drug-likeness (QED) is 0.902. The van der Waals surface area contributed by atoms with Crippen molar-refractivity contribution in [3.63, 3.8) is 0 Å². The predicted molar refractivity (Wildman–Crippen MR) is 75.6 cm³/mol. The molecule has 0 spiro atoms. The molecule has 3 rings (SSSR count). The number of nitrogens with zero attached hydrogens (tertiary/aromatic N) is 1. The fraction of sp³-hybridized carbons (Fsp3) is 0.333. The smallest absolute Gasteiger partial charge is 0.256 e. The number of hydrogen-bond acceptors (Lipinski definition) is 3. The Hall–Kier alpha value is -2.14. The zero-order chi connectivity index (χ0) is 14.1. The average molecular weight is 271 g/mol. The Balaban J connectivity index is 1.75. The van der Waals surface area contributed by atoms with E-state index in [0.29, 0.717) is 30.5 Å². The van der Waals surface area contributed by atoms with Gasteiger partial charge in [-0.1, -0.05) is 19.9 Å². The first-order valence-corrected chi connectivity index (χ1v) is 6.69. The van der Waals surface area contributed by atoms with E-state index in [-0.39, 0.29) is 5.91 Å². The minimum absolute atomic E-state index is 0.151. The number of aromatic amines is 1. The van der Waals surface area contributed by atoms with Gasteiger partial charge in [0.05, 0.1) is 13.2 Å². The van der Waals surface area contributed by atoms with Gasteiger partial charge in [-0.05, 0) is 29.2 Å². The van der Waals surface area contributed by atoms with Gasteiger partial charge in [0.1, 0.15) is 0 Å². The average Bonchev–Trinajstić information content (AvgIpc) is 3.05. The van der Waals surface area contributed by atoms with Crippen LogP contribution in [-0.2, 0) is 18.0 Å². The summed E-state index contributed by atoms with van der Waals surface area (Å²) in [4.78, 5) is 12.2. The molecule has 0 aliphatic carbocycles. The van der Waals surface area contributed by atoms with E-state index in [9.17, 15) is 4.79 Å². The Bertz CT molecular complexity index is 646. The number of benzene rings is 1. The maximum atomic E-state index is 12.2. The molecule has 5 nitrogen and oxygen atoms in total. The minimum Gasteiger partial charge on any atom is -0.372 e. The summed E-state index contributed by atoms with van der Waals surface area (Å²) in [5, 5.41) is 9.82. The van der Waals surface area contributed by atoms with Crippen molar-refractivity contribution >= 4 is 11.7 Å². The Kier molecular flexibility index (Phi) is 3.28. The molecule has 0 radical (unpaired) electrons. The Morgan fingerprint density at radius 2 is 2.10 bits per heavy atom. The summed E-state index contributed by atoms with van der Waals surface area (Å²) in [6.07, 6.45) is 0. The molecule has 2 heterocycles. The third-order valence-electron chi connectivity index (χ3n) is 3.44. The van der Waals surface area contributed by atoms with E-state index in [0.717, 1.165) is 16.8 Å². The highest BCUT2D eigenvalue weighted by Gasteiger charge is 2.15. The molecule has 0 unspecified atom stereocenters. The fourth-order valence-electron chi connectivity index (χ4n) is 2.20. The molecule has 0 fully saturated rings. The predicted octanol–water partition coefficient (Wildman–Crippen LogP) is 2.82. The van der Waals surface area contributed by atoms with Crippen molar-refractivity contribution in [3.05, 3.63) is 46.6 Å². The van der Waals surface area contributed by atoms with Gasteiger partial charge >= 0.3 is 0 Å². The van der Waals surface area contributed by atoms with Crippen molar-refractivity contribution in [2.45, 2.75) is 33.0 Å². The molecule has 1 amide bonds. The normalized spacial score (nSPS) is 13.6. The second kappa shape index (κ2) is 5.09. The lowest BCUT2D eigenvalue weighted by molar-refractivity contribution is 0.102. The van der Waals surface area contributed by atoms with Gasteiger partial charge in [-0.25, -0.2) is 0 Å². The van der Waals surface area contributed by atoms with Gasteiger partial charge in [-0.3, -0.25) is 9.89 Å². The van der Waals surface area contributed by atoms with Gasteiger partial charge in [0.25, 0.3) is 5.91 Å². The molecule has 2 N–H and O–H groups in total. The number of ether oxygens (including phenoxy) is 1. The van der Waals surface area contributed by atoms with Crippen LogP contribution in [0.4, 0.5) is 5.82 Å². The van der Waals surface area contributed by atoms with Crippen LogP contribution in [0.1, 0.15) is 46.9 Å². The zero-order valence-electron chi connectivity index (χ0n) is 11.6. The molecule has 5 heteroatoms. The first-order valence-electron chi connectivity index (χ1n) is 6.69. The lowest BCUT2D eigenvalue weighted by atomic mass is 10.1. The zero-order valence-corrected chi connectivity index (χ0v) is 11.6. The number of aromatic nitrogens is 2. The van der Waals surface area contributed by atoms with Crippen molar-refractivity contribution < 1.29 is 9.53 Å². The second-order valence-corrected chi connectivity index (χ2v) is 5.29. The molecule has 0 saturated heterocycles. The molecule has 0 bridgehead atoms. The first kappa shape index (κ1) is 12.9. The summed E-state index contributed by atoms with van der Waals surface area (Å²) in [5.74, 6) is 0.752. The van der Waals surface area contributed by atoms with Crippen LogP contribution in [0.2, 0.25) is 0 Å². The number of fused-ring (bicyclic) bond motifs is 1. The molecule has 1 aromatic heterocycles. The van der Waals surface area contributed by atoms with E-state index >= 15 is 0 Å². The Labute approximate surface area is 117 Å². The molecule has 0 atom stereocenters. The molecule has 2 aromatic rings. The van der Waals surface area contributed by atoms with Gasteiger partial charge in [0.15, 0.2) is 5.82 Å². The van der Waals surface area contributed by atoms with E-state index in [2.05, 4.69) is 29.4 Å². The van der Waals surface area contributed by atoms with E-state index in [1.165, 1.54) is 0 Å². The molecular weight excluding hydrogens is 254 g/mol. The van der Waals surface area contributed by atoms with E-state index in [4.69, 9.17) is 4.74 Å². The number of carbonyl (C=O) groups is 1. The van der Waals surface area contributed by atoms with Gasteiger partial charge in [0.2, 0.25) is 0 Å². The van der Waals surface area contributed by atoms with Crippen LogP contribution >= 0.6 is 0 Å². The summed E-state index contributed by atoms with van der Waals surface area (Å²) in [7, 11) is 0. The molecule has 104 valence electrons. The van der Waals surface area contributed by atoms with Crippen LogP contribution < -0.4 is 5.32 Å². The van der Waals surface area contributed by atoms with Crippen LogP contribution in [0.15, 0.2) is 24.3 Å². The number of amides is 1. The van der Waals surface area contributed by atoms with Crippen LogP contribution in [-0.4, -0.2) is 16.1 Å². The summed E-state index contributed by atoms with van der Waals surface area (Å²) < 4.78 is 5.35. The molecule has 1 aromatic carbocycles. The highest BCUT2D eigenvalue weighted by Crippen LogP contribution is 2.21. The SMILES string of the molecule is CC(C)c1cc(NC(=O)c2ccc3c(c2)COC3)n[nH]1. The topological polar surface area (TPSA) is 67.0 Å². The number of H-pyrrole nitrogens is 1. The monoisotopic (exact) mass is 271 g/mol. The first-order chi connectivity index (χ1) is 9.63. The number of hydrogen-bond donors (Lipinski definition) is 2. The number of rotatable bonds is 3. The van der Waals surface area contributed by atoms with Crippen molar-refractivity contribution in [1.29, 1.82) is 0 Å². The van der Waals surface area contributed by atoms with E-state index < -0.39 is 0 Å².